The van der Waals surface area contributed by atoms with Gasteiger partial charge in [0.15, 0.2) is 5.54 Å². The van der Waals surface area contributed by atoms with Gasteiger partial charge in [0.1, 0.15) is 5.76 Å². The molecule has 2 N–H and O–H groups in total. The Hall–Kier alpha value is -3.01. The second-order valence-corrected chi connectivity index (χ2v) is 7.20. The van der Waals surface area contributed by atoms with Crippen molar-refractivity contribution < 1.29 is 35.6 Å². The first-order chi connectivity index (χ1) is 14.5. The average Bonchev–Trinajstić information content (AvgIpc) is 3.36. The second kappa shape index (κ2) is 7.01. The van der Waals surface area contributed by atoms with Crippen LogP contribution >= 0.6 is 0 Å². The molecule has 0 bridgehead atoms. The maximum absolute atomic E-state index is 15.0. The zero-order valence-electron chi connectivity index (χ0n) is 15.6. The van der Waals surface area contributed by atoms with Crippen molar-refractivity contribution in [3.63, 3.8) is 0 Å². The van der Waals surface area contributed by atoms with Crippen molar-refractivity contribution in [2.75, 3.05) is 0 Å². The first-order valence-electron chi connectivity index (χ1n) is 9.08. The van der Waals surface area contributed by atoms with Gasteiger partial charge in [-0.25, -0.2) is 0 Å². The lowest BCUT2D eigenvalue weighted by molar-refractivity contribution is -0.374. The molecule has 1 saturated heterocycles. The molecule has 2 aromatic carbocycles. The van der Waals surface area contributed by atoms with E-state index in [2.05, 4.69) is 4.98 Å². The quantitative estimate of drug-likeness (QED) is 0.473. The summed E-state index contributed by atoms with van der Waals surface area (Å²) < 4.78 is 96.9. The van der Waals surface area contributed by atoms with Gasteiger partial charge in [-0.15, -0.1) is 5.48 Å². The Balaban J connectivity index is 1.82. The van der Waals surface area contributed by atoms with Crippen LogP contribution in [0, 0.1) is 0 Å². The maximum Gasteiger partial charge on any atom is 0.459 e. The van der Waals surface area contributed by atoms with E-state index in [1.54, 1.807) is 30.5 Å². The lowest BCUT2D eigenvalue weighted by Crippen LogP contribution is -2.65. The van der Waals surface area contributed by atoms with E-state index in [0.717, 1.165) is 17.6 Å². The normalized spacial score (nSPS) is 21.6. The molecule has 10 heteroatoms. The molecule has 164 valence electrons. The van der Waals surface area contributed by atoms with E-state index in [4.69, 9.17) is 4.84 Å². The summed E-state index contributed by atoms with van der Waals surface area (Å²) in [4.78, 5) is 8.03. The van der Waals surface area contributed by atoms with Crippen molar-refractivity contribution >= 4 is 17.0 Å². The summed E-state index contributed by atoms with van der Waals surface area (Å²) >= 11 is 0. The fourth-order valence-corrected chi connectivity index (χ4v) is 3.66. The summed E-state index contributed by atoms with van der Waals surface area (Å²) in [5.74, 6) is -12.1. The number of fused-ring (bicyclic) bond motifs is 1. The van der Waals surface area contributed by atoms with Gasteiger partial charge in [0.25, 0.3) is 0 Å². The number of halogens is 7. The Labute approximate surface area is 171 Å². The van der Waals surface area contributed by atoms with Gasteiger partial charge in [-0.2, -0.15) is 30.7 Å². The summed E-state index contributed by atoms with van der Waals surface area (Å²) in [6, 6.07) is 12.8. The third kappa shape index (κ3) is 3.16. The minimum atomic E-state index is -6.47. The van der Waals surface area contributed by atoms with Crippen LogP contribution in [0.25, 0.3) is 17.0 Å². The first kappa shape index (κ1) is 21.2. The predicted octanol–water partition coefficient (Wildman–Crippen LogP) is 6.16. The zero-order chi connectivity index (χ0) is 22.5. The lowest BCUT2D eigenvalue weighted by Gasteiger charge is -2.40. The number of aromatic amines is 1. The largest absolute Gasteiger partial charge is 0.459 e. The van der Waals surface area contributed by atoms with Gasteiger partial charge in [-0.05, 0) is 29.3 Å². The Bertz CT molecular complexity index is 1120. The summed E-state index contributed by atoms with van der Waals surface area (Å²) in [6.07, 6.45) is -4.43. The van der Waals surface area contributed by atoms with Crippen LogP contribution in [0.15, 0.2) is 66.6 Å². The molecule has 0 spiro atoms. The summed E-state index contributed by atoms with van der Waals surface area (Å²) in [5.41, 5.74) is -0.558. The van der Waals surface area contributed by atoms with Crippen LogP contribution in [0.2, 0.25) is 0 Å². The van der Waals surface area contributed by atoms with Gasteiger partial charge in [-0.1, -0.05) is 42.5 Å². The van der Waals surface area contributed by atoms with Gasteiger partial charge < -0.3 is 9.82 Å². The van der Waals surface area contributed by atoms with Crippen LogP contribution in [-0.2, 0) is 10.4 Å². The molecule has 0 saturated carbocycles. The highest BCUT2D eigenvalue weighted by Gasteiger charge is 2.81. The molecule has 3 aromatic rings. The second-order valence-electron chi connectivity index (χ2n) is 7.20. The lowest BCUT2D eigenvalue weighted by atomic mass is 9.78. The Morgan fingerprint density at radius 3 is 2.26 bits per heavy atom. The van der Waals surface area contributed by atoms with E-state index in [-0.39, 0.29) is 5.76 Å². The third-order valence-electron chi connectivity index (χ3n) is 5.29. The van der Waals surface area contributed by atoms with Crippen molar-refractivity contribution in [2.24, 2.45) is 0 Å². The van der Waals surface area contributed by atoms with Crippen LogP contribution in [0.5, 0.6) is 0 Å². The molecule has 1 aliphatic heterocycles. The van der Waals surface area contributed by atoms with Gasteiger partial charge in [-0.3, -0.25) is 0 Å². The zero-order valence-corrected chi connectivity index (χ0v) is 15.6. The standard InChI is InChI=1S/C21H15F7N2O/c22-19(23,20(24,25)21(26,27)28)18(14-6-2-1-3-7-14)12-15(31-30-18)11-13-5-4-8-17-16(13)9-10-29-17/h1-11,29-30H,12H2. The molecule has 4 rings (SSSR count). The number of hydroxylamine groups is 1. The number of alkyl halides is 7. The maximum atomic E-state index is 15.0. The Morgan fingerprint density at radius 1 is 0.871 bits per heavy atom. The van der Waals surface area contributed by atoms with Crippen molar-refractivity contribution in [2.45, 2.75) is 30.0 Å². The van der Waals surface area contributed by atoms with Crippen LogP contribution in [0.4, 0.5) is 30.7 Å². The van der Waals surface area contributed by atoms with Crippen molar-refractivity contribution in [1.29, 1.82) is 0 Å². The van der Waals surface area contributed by atoms with E-state index in [1.165, 1.54) is 24.3 Å². The number of hydrogen-bond donors (Lipinski definition) is 2. The van der Waals surface area contributed by atoms with Gasteiger partial charge in [0, 0.05) is 23.5 Å². The van der Waals surface area contributed by atoms with Crippen molar-refractivity contribution in [3.8, 4) is 0 Å². The highest BCUT2D eigenvalue weighted by molar-refractivity contribution is 5.88. The average molecular weight is 444 g/mol. The SMILES string of the molecule is FC(F)(F)C(F)(F)C(F)(F)C1(c2ccccc2)CC(=Cc2cccc3[nH]ccc23)ON1. The number of nitrogens with one attached hydrogen (secondary N) is 2. The molecule has 1 aromatic heterocycles. The number of aromatic nitrogens is 1. The summed E-state index contributed by atoms with van der Waals surface area (Å²) in [5, 5.41) is 0.697. The minimum absolute atomic E-state index is 0.213. The number of H-pyrrole nitrogens is 1. The molecule has 3 nitrogen and oxygen atoms in total. The van der Waals surface area contributed by atoms with E-state index < -0.39 is 35.5 Å². The molecule has 1 unspecified atom stereocenters. The molecule has 1 aliphatic rings. The van der Waals surface area contributed by atoms with E-state index in [1.807, 2.05) is 5.48 Å². The smallest absolute Gasteiger partial charge is 0.412 e. The van der Waals surface area contributed by atoms with Crippen molar-refractivity contribution in [3.05, 3.63) is 77.7 Å². The monoisotopic (exact) mass is 444 g/mol. The molecule has 31 heavy (non-hydrogen) atoms. The highest BCUT2D eigenvalue weighted by atomic mass is 19.4. The molecule has 0 aliphatic carbocycles. The third-order valence-corrected chi connectivity index (χ3v) is 5.29. The summed E-state index contributed by atoms with van der Waals surface area (Å²) in [6.45, 7) is 0. The molecular weight excluding hydrogens is 429 g/mol. The van der Waals surface area contributed by atoms with Crippen molar-refractivity contribution in [1.82, 2.24) is 10.5 Å². The van der Waals surface area contributed by atoms with E-state index in [0.29, 0.717) is 10.9 Å². The minimum Gasteiger partial charge on any atom is -0.412 e. The van der Waals surface area contributed by atoms with Gasteiger partial charge in [0.2, 0.25) is 0 Å². The highest BCUT2D eigenvalue weighted by Crippen LogP contribution is 2.57. The predicted molar refractivity (Wildman–Crippen MR) is 99.2 cm³/mol. The van der Waals surface area contributed by atoms with Crippen LogP contribution < -0.4 is 5.48 Å². The molecule has 0 radical (unpaired) electrons. The van der Waals surface area contributed by atoms with Crippen LogP contribution in [-0.4, -0.2) is 23.0 Å². The molecule has 1 atom stereocenters. The molecule has 1 fully saturated rings. The van der Waals surface area contributed by atoms with E-state index >= 15 is 8.78 Å². The fraction of sp³-hybridized carbons (Fsp3) is 0.238. The number of hydrogen-bond acceptors (Lipinski definition) is 2. The molecular formula is C21H15F7N2O. The van der Waals surface area contributed by atoms with Gasteiger partial charge >= 0.3 is 18.0 Å². The number of rotatable bonds is 4. The first-order valence-corrected chi connectivity index (χ1v) is 9.08. The fourth-order valence-electron chi connectivity index (χ4n) is 3.66. The Morgan fingerprint density at radius 2 is 1.58 bits per heavy atom. The Kier molecular flexibility index (Phi) is 4.80. The molecule has 2 heterocycles. The van der Waals surface area contributed by atoms with Gasteiger partial charge in [0.05, 0.1) is 0 Å². The van der Waals surface area contributed by atoms with Crippen LogP contribution in [0.3, 0.4) is 0 Å². The molecule has 0 amide bonds. The number of benzene rings is 2. The van der Waals surface area contributed by atoms with E-state index in [9.17, 15) is 22.0 Å². The topological polar surface area (TPSA) is 37.0 Å². The summed E-state index contributed by atoms with van der Waals surface area (Å²) in [7, 11) is 0. The van der Waals surface area contributed by atoms with Crippen LogP contribution in [0.1, 0.15) is 17.5 Å².